The molecular weight excluding hydrogens is 245 g/mol. The number of hydrogen-bond acceptors (Lipinski definition) is 4. The van der Waals surface area contributed by atoms with Gasteiger partial charge in [0.1, 0.15) is 12.4 Å². The largest absolute Gasteiger partial charge is 0.490 e. The van der Waals surface area contributed by atoms with Crippen LogP contribution in [0.3, 0.4) is 0 Å². The minimum Gasteiger partial charge on any atom is -0.490 e. The van der Waals surface area contributed by atoms with Gasteiger partial charge < -0.3 is 20.2 Å². The third-order valence-corrected chi connectivity index (χ3v) is 2.56. The highest BCUT2D eigenvalue weighted by Crippen LogP contribution is 2.17. The summed E-state index contributed by atoms with van der Waals surface area (Å²) in [5.41, 5.74) is 6.11. The molecule has 0 saturated heterocycles. The van der Waals surface area contributed by atoms with Crippen molar-refractivity contribution in [2.45, 2.75) is 12.2 Å². The quantitative estimate of drug-likeness (QED) is 0.394. The van der Waals surface area contributed by atoms with Crippen molar-refractivity contribution in [3.63, 3.8) is 0 Å². The van der Waals surface area contributed by atoms with Crippen LogP contribution in [0.5, 0.6) is 5.75 Å². The van der Waals surface area contributed by atoms with Gasteiger partial charge in [-0.15, -0.1) is 0 Å². The Hall–Kier alpha value is -1.79. The van der Waals surface area contributed by atoms with E-state index in [1.807, 2.05) is 24.3 Å². The maximum absolute atomic E-state index is 11.1. The number of carboxylic acid groups (broad SMARTS) is 1. The molecule has 0 aliphatic carbocycles. The van der Waals surface area contributed by atoms with Gasteiger partial charge >= 0.3 is 5.97 Å². The van der Waals surface area contributed by atoms with Crippen molar-refractivity contribution in [2.24, 2.45) is 5.73 Å². The van der Waals surface area contributed by atoms with Crippen LogP contribution in [0.15, 0.2) is 36.9 Å². The molecule has 1 atom stereocenters. The van der Waals surface area contributed by atoms with Crippen molar-refractivity contribution in [1.29, 1.82) is 0 Å². The fourth-order valence-corrected chi connectivity index (χ4v) is 1.59. The second-order valence-electron chi connectivity index (χ2n) is 4.02. The topological polar surface area (TPSA) is 81.8 Å². The molecule has 1 aromatic rings. The summed E-state index contributed by atoms with van der Waals surface area (Å²) in [5, 5.41) is 9.08. The highest BCUT2D eigenvalue weighted by atomic mass is 16.5. The van der Waals surface area contributed by atoms with Gasteiger partial charge in [0.25, 0.3) is 7.48 Å². The highest BCUT2D eigenvalue weighted by Gasteiger charge is 2.20. The molecular formula is C13H18BNO4. The Labute approximate surface area is 113 Å². The molecule has 0 aliphatic heterocycles. The van der Waals surface area contributed by atoms with Crippen LogP contribution in [0.1, 0.15) is 5.56 Å². The molecule has 0 unspecified atom stereocenters. The maximum atomic E-state index is 11.1. The van der Waals surface area contributed by atoms with Crippen LogP contribution in [-0.2, 0) is 15.9 Å². The normalized spacial score (nSPS) is 11.6. The van der Waals surface area contributed by atoms with E-state index in [-0.39, 0.29) is 14.2 Å². The SMILES string of the molecule is C=CCOc1ccc(C[C@H](BOCN)C(=O)O)cc1. The van der Waals surface area contributed by atoms with Gasteiger partial charge in [0.05, 0.1) is 12.5 Å². The van der Waals surface area contributed by atoms with Gasteiger partial charge in [0.2, 0.25) is 0 Å². The number of aliphatic carboxylic acids is 1. The molecule has 0 aliphatic rings. The van der Waals surface area contributed by atoms with E-state index in [0.29, 0.717) is 13.0 Å². The van der Waals surface area contributed by atoms with Gasteiger partial charge in [-0.2, -0.15) is 0 Å². The highest BCUT2D eigenvalue weighted by molar-refractivity contribution is 6.36. The Kier molecular flexibility index (Phi) is 6.70. The van der Waals surface area contributed by atoms with Gasteiger partial charge in [-0.25, -0.2) is 0 Å². The van der Waals surface area contributed by atoms with Gasteiger partial charge in [0.15, 0.2) is 0 Å². The molecule has 5 nitrogen and oxygen atoms in total. The van der Waals surface area contributed by atoms with E-state index in [1.54, 1.807) is 6.08 Å². The number of nitrogens with two attached hydrogens (primary N) is 1. The van der Waals surface area contributed by atoms with Gasteiger partial charge in [0, 0.05) is 0 Å². The monoisotopic (exact) mass is 263 g/mol. The fourth-order valence-electron chi connectivity index (χ4n) is 1.59. The summed E-state index contributed by atoms with van der Waals surface area (Å²) in [6, 6.07) is 7.30. The standard InChI is InChI=1S/C13H18BNO4/c1-2-7-18-11-5-3-10(4-6-11)8-12(13(16)17)14-19-9-15/h2-6,12,14H,1,7-9,15H2,(H,16,17)/t12-/m0/s1. The van der Waals surface area contributed by atoms with Gasteiger partial charge in [-0.3, -0.25) is 4.79 Å². The van der Waals surface area contributed by atoms with E-state index in [1.165, 1.54) is 0 Å². The second-order valence-corrected chi connectivity index (χ2v) is 4.02. The van der Waals surface area contributed by atoms with Crippen molar-refractivity contribution in [3.8, 4) is 5.75 Å². The van der Waals surface area contributed by atoms with E-state index >= 15 is 0 Å². The smallest absolute Gasteiger partial charge is 0.301 e. The molecule has 3 N–H and O–H groups in total. The molecule has 0 fully saturated rings. The van der Waals surface area contributed by atoms with Gasteiger partial charge in [-0.1, -0.05) is 24.8 Å². The minimum absolute atomic E-state index is 0.0259. The van der Waals surface area contributed by atoms with Gasteiger partial charge in [-0.05, 0) is 24.1 Å². The fraction of sp³-hybridized carbons (Fsp3) is 0.308. The van der Waals surface area contributed by atoms with Crippen molar-refractivity contribution in [3.05, 3.63) is 42.5 Å². The van der Waals surface area contributed by atoms with Crippen LogP contribution in [0.2, 0.25) is 5.82 Å². The summed E-state index contributed by atoms with van der Waals surface area (Å²) in [6.45, 7) is 4.04. The molecule has 6 heteroatoms. The first-order chi connectivity index (χ1) is 9.17. The summed E-state index contributed by atoms with van der Waals surface area (Å²) in [6.07, 6.45) is 2.07. The lowest BCUT2D eigenvalue weighted by atomic mass is 9.76. The van der Waals surface area contributed by atoms with Crippen LogP contribution in [0.25, 0.3) is 0 Å². The van der Waals surface area contributed by atoms with Crippen LogP contribution in [0, 0.1) is 0 Å². The van der Waals surface area contributed by atoms with E-state index in [2.05, 4.69) is 6.58 Å². The zero-order valence-electron chi connectivity index (χ0n) is 10.7. The Balaban J connectivity index is 2.58. The summed E-state index contributed by atoms with van der Waals surface area (Å²) in [7, 11) is 0.112. The van der Waals surface area contributed by atoms with E-state index < -0.39 is 11.8 Å². The van der Waals surface area contributed by atoms with Crippen molar-refractivity contribution in [2.75, 3.05) is 13.3 Å². The number of carboxylic acids is 1. The van der Waals surface area contributed by atoms with Crippen LogP contribution in [0.4, 0.5) is 0 Å². The lowest BCUT2D eigenvalue weighted by molar-refractivity contribution is -0.137. The molecule has 1 rings (SSSR count). The first kappa shape index (κ1) is 15.3. The zero-order chi connectivity index (χ0) is 14.1. The van der Waals surface area contributed by atoms with Crippen LogP contribution in [-0.4, -0.2) is 31.9 Å². The van der Waals surface area contributed by atoms with Crippen molar-refractivity contribution in [1.82, 2.24) is 0 Å². The average molecular weight is 263 g/mol. The molecule has 0 heterocycles. The first-order valence-electron chi connectivity index (χ1n) is 6.00. The second kappa shape index (κ2) is 8.34. The summed E-state index contributed by atoms with van der Waals surface area (Å²) < 4.78 is 10.3. The molecule has 19 heavy (non-hydrogen) atoms. The predicted octanol–water partition coefficient (Wildman–Crippen LogP) is 0.951. The number of ether oxygens (including phenoxy) is 1. The van der Waals surface area contributed by atoms with Crippen LogP contribution < -0.4 is 10.5 Å². The first-order valence-corrected chi connectivity index (χ1v) is 6.00. The zero-order valence-corrected chi connectivity index (χ0v) is 10.7. The molecule has 0 spiro atoms. The minimum atomic E-state index is -0.888. The maximum Gasteiger partial charge on any atom is 0.301 e. The van der Waals surface area contributed by atoms with E-state index in [4.69, 9.17) is 20.2 Å². The molecule has 0 radical (unpaired) electrons. The summed E-state index contributed by atoms with van der Waals surface area (Å²) >= 11 is 0. The molecule has 0 amide bonds. The number of rotatable bonds is 9. The van der Waals surface area contributed by atoms with E-state index in [0.717, 1.165) is 11.3 Å². The summed E-state index contributed by atoms with van der Waals surface area (Å²) in [4.78, 5) is 11.1. The Morgan fingerprint density at radius 1 is 1.47 bits per heavy atom. The third kappa shape index (κ3) is 5.59. The number of benzene rings is 1. The summed E-state index contributed by atoms with van der Waals surface area (Å²) in [5.74, 6) is -0.752. The van der Waals surface area contributed by atoms with E-state index in [9.17, 15) is 4.79 Å². The Morgan fingerprint density at radius 3 is 2.68 bits per heavy atom. The molecule has 0 bridgehead atoms. The molecule has 102 valence electrons. The average Bonchev–Trinajstić information content (AvgIpc) is 2.42. The number of carbonyl (C=O) groups is 1. The predicted molar refractivity (Wildman–Crippen MR) is 74.5 cm³/mol. The lowest BCUT2D eigenvalue weighted by Crippen LogP contribution is -2.21. The van der Waals surface area contributed by atoms with Crippen molar-refractivity contribution >= 4 is 13.5 Å². The number of hydrogen-bond donors (Lipinski definition) is 2. The Morgan fingerprint density at radius 2 is 2.16 bits per heavy atom. The third-order valence-electron chi connectivity index (χ3n) is 2.56. The Bertz CT molecular complexity index is 408. The van der Waals surface area contributed by atoms with Crippen molar-refractivity contribution < 1.29 is 19.3 Å². The molecule has 1 aromatic carbocycles. The molecule has 0 aromatic heterocycles. The van der Waals surface area contributed by atoms with Crippen LogP contribution >= 0.6 is 0 Å². The molecule has 0 saturated carbocycles. The lowest BCUT2D eigenvalue weighted by Gasteiger charge is -2.11.